The van der Waals surface area contributed by atoms with Gasteiger partial charge in [-0.1, -0.05) is 0 Å². The van der Waals surface area contributed by atoms with Gasteiger partial charge in [0.25, 0.3) is 12.3 Å². The van der Waals surface area contributed by atoms with E-state index in [4.69, 9.17) is 10.5 Å². The second-order valence-corrected chi connectivity index (χ2v) is 9.69. The zero-order chi connectivity index (χ0) is 26.7. The molecule has 2 aromatic carbocycles. The lowest BCUT2D eigenvalue weighted by atomic mass is 9.84. The number of thioether (sulfide) groups is 1. The van der Waals surface area contributed by atoms with Crippen molar-refractivity contribution in [3.05, 3.63) is 70.9 Å². The molecule has 0 aliphatic carbocycles. The topological polar surface area (TPSA) is 89.6 Å². The van der Waals surface area contributed by atoms with Gasteiger partial charge in [0.2, 0.25) is 0 Å². The summed E-state index contributed by atoms with van der Waals surface area (Å²) >= 11 is 1.12. The van der Waals surface area contributed by atoms with Crippen molar-refractivity contribution in [2.45, 2.75) is 30.1 Å². The van der Waals surface area contributed by atoms with E-state index in [-0.39, 0.29) is 42.4 Å². The van der Waals surface area contributed by atoms with Crippen LogP contribution in [0.25, 0.3) is 11.3 Å². The van der Waals surface area contributed by atoms with E-state index in [1.165, 1.54) is 37.3 Å². The Morgan fingerprint density at radius 1 is 1.27 bits per heavy atom. The summed E-state index contributed by atoms with van der Waals surface area (Å²) in [5, 5.41) is 2.70. The first-order valence-electron chi connectivity index (χ1n) is 11.3. The second kappa shape index (κ2) is 10.9. The number of ether oxygens (including phenoxy) is 1. The molecule has 4 rings (SSSR count). The molecule has 0 bridgehead atoms. The standard InChI is InChI=1S/C26H24F4N4O2S/c1-26(25(29)30)12-36-23-18(26)11-17(34-21(23)14-3-5-16(27)6-4-14)7-8-33-24(35)15-9-19(28)22(32-2)20(10-15)37-13-31/h3-6,9-11,25H,2,7-8,12-13,31H2,1H3,(H,33,35). The number of rotatable bonds is 9. The molecule has 1 atom stereocenters. The molecular formula is C26H24F4N4O2S. The van der Waals surface area contributed by atoms with Crippen molar-refractivity contribution in [2.75, 3.05) is 19.0 Å². The molecule has 1 aliphatic rings. The third-order valence-electron chi connectivity index (χ3n) is 6.11. The Bertz CT molecular complexity index is 1340. The molecule has 0 saturated heterocycles. The van der Waals surface area contributed by atoms with E-state index < -0.39 is 29.4 Å². The first-order valence-corrected chi connectivity index (χ1v) is 12.3. The summed E-state index contributed by atoms with van der Waals surface area (Å²) in [4.78, 5) is 21.3. The maximum Gasteiger partial charge on any atom is 0.251 e. The smallest absolute Gasteiger partial charge is 0.251 e. The number of carbonyl (C=O) groups excluding carboxylic acids is 1. The highest BCUT2D eigenvalue weighted by molar-refractivity contribution is 7.99. The molecule has 194 valence electrons. The number of alkyl halides is 2. The second-order valence-electron chi connectivity index (χ2n) is 8.63. The summed E-state index contributed by atoms with van der Waals surface area (Å²) in [6.45, 7) is 4.64. The van der Waals surface area contributed by atoms with Gasteiger partial charge < -0.3 is 15.8 Å². The maximum atomic E-state index is 14.4. The number of nitrogens with two attached hydrogens (primary N) is 1. The molecular weight excluding hydrogens is 508 g/mol. The lowest BCUT2D eigenvalue weighted by molar-refractivity contribution is 0.0464. The number of halogens is 4. The summed E-state index contributed by atoms with van der Waals surface area (Å²) in [5.41, 5.74) is 5.67. The first kappa shape index (κ1) is 26.6. The molecule has 11 heteroatoms. The predicted molar refractivity (Wildman–Crippen MR) is 135 cm³/mol. The van der Waals surface area contributed by atoms with Crippen LogP contribution in [0, 0.1) is 11.6 Å². The molecule has 1 amide bonds. The van der Waals surface area contributed by atoms with Crippen LogP contribution < -0.4 is 15.8 Å². The van der Waals surface area contributed by atoms with Gasteiger partial charge >= 0.3 is 0 Å². The fraction of sp³-hybridized carbons (Fsp3) is 0.269. The molecule has 0 saturated carbocycles. The number of nitrogens with one attached hydrogen (secondary N) is 1. The number of carbonyl (C=O) groups is 1. The van der Waals surface area contributed by atoms with E-state index in [2.05, 4.69) is 22.0 Å². The van der Waals surface area contributed by atoms with Crippen LogP contribution in [0.3, 0.4) is 0 Å². The first-order chi connectivity index (χ1) is 17.7. The van der Waals surface area contributed by atoms with Crippen LogP contribution >= 0.6 is 11.8 Å². The highest BCUT2D eigenvalue weighted by atomic mass is 32.2. The summed E-state index contributed by atoms with van der Waals surface area (Å²) < 4.78 is 61.5. The number of aromatic nitrogens is 1. The van der Waals surface area contributed by atoms with Crippen LogP contribution in [0.1, 0.15) is 28.5 Å². The minimum absolute atomic E-state index is 0.0203. The van der Waals surface area contributed by atoms with E-state index in [9.17, 15) is 22.4 Å². The molecule has 0 spiro atoms. The van der Waals surface area contributed by atoms with Crippen LogP contribution in [-0.4, -0.2) is 43.1 Å². The molecule has 1 aromatic heterocycles. The molecule has 3 aromatic rings. The average Bonchev–Trinajstić information content (AvgIpc) is 3.22. The number of hydrogen-bond donors (Lipinski definition) is 2. The van der Waals surface area contributed by atoms with Crippen LogP contribution in [0.2, 0.25) is 0 Å². The number of amides is 1. The van der Waals surface area contributed by atoms with E-state index in [1.54, 1.807) is 6.07 Å². The third-order valence-corrected chi connectivity index (χ3v) is 6.90. The molecule has 0 fully saturated rings. The molecule has 37 heavy (non-hydrogen) atoms. The number of aliphatic imine (C=N–C) groups is 1. The van der Waals surface area contributed by atoms with Crippen molar-refractivity contribution in [3.63, 3.8) is 0 Å². The zero-order valence-electron chi connectivity index (χ0n) is 19.9. The summed E-state index contributed by atoms with van der Waals surface area (Å²) in [5.74, 6) is -1.28. The van der Waals surface area contributed by atoms with Crippen molar-refractivity contribution in [1.82, 2.24) is 10.3 Å². The molecule has 6 nitrogen and oxygen atoms in total. The van der Waals surface area contributed by atoms with Crippen LogP contribution in [0.15, 0.2) is 52.4 Å². The van der Waals surface area contributed by atoms with Crippen LogP contribution in [0.5, 0.6) is 5.75 Å². The van der Waals surface area contributed by atoms with Crippen LogP contribution in [-0.2, 0) is 11.8 Å². The molecule has 2 heterocycles. The average molecular weight is 533 g/mol. The largest absolute Gasteiger partial charge is 0.490 e. The highest BCUT2D eigenvalue weighted by Gasteiger charge is 2.46. The van der Waals surface area contributed by atoms with E-state index in [0.717, 1.165) is 17.8 Å². The van der Waals surface area contributed by atoms with Gasteiger partial charge in [-0.15, -0.1) is 11.8 Å². The van der Waals surface area contributed by atoms with E-state index in [0.29, 0.717) is 27.4 Å². The number of nitrogens with zero attached hydrogens (tertiary/aromatic N) is 2. The van der Waals surface area contributed by atoms with Crippen molar-refractivity contribution < 1.29 is 27.1 Å². The number of fused-ring (bicyclic) bond motifs is 1. The number of hydrogen-bond acceptors (Lipinski definition) is 6. The predicted octanol–water partition coefficient (Wildman–Crippen LogP) is 5.25. The van der Waals surface area contributed by atoms with Gasteiger partial charge in [-0.2, -0.15) is 0 Å². The molecule has 1 unspecified atom stereocenters. The lowest BCUT2D eigenvalue weighted by Gasteiger charge is -2.22. The van der Waals surface area contributed by atoms with Gasteiger partial charge in [-0.25, -0.2) is 22.5 Å². The number of pyridine rings is 1. The van der Waals surface area contributed by atoms with Gasteiger partial charge in [-0.05, 0) is 56.1 Å². The Morgan fingerprint density at radius 3 is 2.65 bits per heavy atom. The third kappa shape index (κ3) is 5.33. The fourth-order valence-electron chi connectivity index (χ4n) is 4.03. The minimum Gasteiger partial charge on any atom is -0.490 e. The maximum absolute atomic E-state index is 14.4. The van der Waals surface area contributed by atoms with Crippen molar-refractivity contribution in [1.29, 1.82) is 0 Å². The Hall–Kier alpha value is -3.44. The lowest BCUT2D eigenvalue weighted by Crippen LogP contribution is -2.32. The Labute approximate surface area is 215 Å². The van der Waals surface area contributed by atoms with E-state index in [1.807, 2.05) is 0 Å². The zero-order valence-corrected chi connectivity index (χ0v) is 20.7. The summed E-state index contributed by atoms with van der Waals surface area (Å²) in [6, 6.07) is 9.59. The van der Waals surface area contributed by atoms with Crippen LogP contribution in [0.4, 0.5) is 23.2 Å². The Balaban J connectivity index is 1.59. The van der Waals surface area contributed by atoms with Gasteiger partial charge in [0.05, 0.1) is 5.41 Å². The summed E-state index contributed by atoms with van der Waals surface area (Å²) in [6.07, 6.45) is -2.49. The van der Waals surface area contributed by atoms with Crippen molar-refractivity contribution in [3.8, 4) is 17.0 Å². The van der Waals surface area contributed by atoms with Gasteiger partial charge in [-0.3, -0.25) is 9.79 Å². The molecule has 3 N–H and O–H groups in total. The van der Waals surface area contributed by atoms with Crippen molar-refractivity contribution >= 4 is 30.1 Å². The minimum atomic E-state index is -2.69. The van der Waals surface area contributed by atoms with Gasteiger partial charge in [0.15, 0.2) is 5.82 Å². The highest BCUT2D eigenvalue weighted by Crippen LogP contribution is 2.47. The Morgan fingerprint density at radius 2 is 2.00 bits per heavy atom. The SMILES string of the molecule is C=Nc1c(F)cc(C(=O)NCCc2cc3c(c(-c4ccc(F)cc4)n2)OCC3(C)C(F)F)cc1SCN. The summed E-state index contributed by atoms with van der Waals surface area (Å²) in [7, 11) is 0. The van der Waals surface area contributed by atoms with E-state index >= 15 is 0 Å². The monoisotopic (exact) mass is 532 g/mol. The Kier molecular flexibility index (Phi) is 7.84. The molecule has 0 radical (unpaired) electrons. The quantitative estimate of drug-likeness (QED) is 0.170. The normalized spacial score (nSPS) is 16.4. The van der Waals surface area contributed by atoms with Crippen molar-refractivity contribution in [2.24, 2.45) is 10.7 Å². The molecule has 1 aliphatic heterocycles. The van der Waals surface area contributed by atoms with Gasteiger partial charge in [0, 0.05) is 46.1 Å². The number of benzene rings is 2. The van der Waals surface area contributed by atoms with Gasteiger partial charge in [0.1, 0.15) is 29.6 Å². The fourth-order valence-corrected chi connectivity index (χ4v) is 4.72.